The highest BCUT2D eigenvalue weighted by Crippen LogP contribution is 2.17. The molecule has 0 saturated carbocycles. The van der Waals surface area contributed by atoms with Crippen LogP contribution in [0.5, 0.6) is 0 Å². The Bertz CT molecular complexity index is 456. The number of ether oxygens (including phenoxy) is 1. The monoisotopic (exact) mass is 253 g/mol. The van der Waals surface area contributed by atoms with Crippen molar-refractivity contribution in [3.8, 4) is 0 Å². The average Bonchev–Trinajstić information content (AvgIpc) is 2.23. The molecule has 0 aliphatic rings. The predicted molar refractivity (Wildman–Crippen MR) is 61.6 cm³/mol. The Morgan fingerprint density at radius 3 is 2.39 bits per heavy atom. The first-order chi connectivity index (χ1) is 8.43. The lowest BCUT2D eigenvalue weighted by Crippen LogP contribution is -2.20. The second kappa shape index (κ2) is 6.14. The lowest BCUT2D eigenvalue weighted by molar-refractivity contribution is -0.145. The quantitative estimate of drug-likeness (QED) is 0.487. The lowest BCUT2D eigenvalue weighted by atomic mass is 9.95. The largest absolute Gasteiger partial charge is 0.466 e. The number of rotatable bonds is 4. The molecule has 1 aromatic carbocycles. The third-order valence-corrected chi connectivity index (χ3v) is 1.94. The van der Waals surface area contributed by atoms with Gasteiger partial charge >= 0.3 is 5.97 Å². The third kappa shape index (κ3) is 3.83. The van der Waals surface area contributed by atoms with Crippen molar-refractivity contribution in [2.75, 3.05) is 11.9 Å². The number of benzene rings is 1. The Morgan fingerprint density at radius 1 is 1.33 bits per heavy atom. The van der Waals surface area contributed by atoms with Crippen molar-refractivity contribution in [1.82, 2.24) is 0 Å². The number of carbonyl (C=O) groups excluding carboxylic acids is 2. The zero-order valence-electron chi connectivity index (χ0n) is 9.63. The number of carbonyl (C=O) groups is 2. The van der Waals surface area contributed by atoms with E-state index in [9.17, 15) is 18.4 Å². The minimum atomic E-state index is -1.01. The summed E-state index contributed by atoms with van der Waals surface area (Å²) in [5, 5.41) is 1.95. The van der Waals surface area contributed by atoms with Crippen molar-refractivity contribution < 1.29 is 23.1 Å². The molecule has 0 saturated heterocycles. The molecule has 1 N–H and O–H groups in total. The molecule has 0 aliphatic heterocycles. The summed E-state index contributed by atoms with van der Waals surface area (Å²) >= 11 is 0. The van der Waals surface area contributed by atoms with Gasteiger partial charge in [-0.25, -0.2) is 8.78 Å². The topological polar surface area (TPSA) is 55.4 Å². The van der Waals surface area contributed by atoms with Crippen molar-refractivity contribution in [3.05, 3.63) is 23.8 Å². The molecule has 0 bridgehead atoms. The molecule has 0 aromatic heterocycles. The van der Waals surface area contributed by atoms with Crippen LogP contribution >= 0.6 is 0 Å². The van der Waals surface area contributed by atoms with Gasteiger partial charge in [0.1, 0.15) is 31.6 Å². The normalized spacial score (nSPS) is 9.94. The number of nitrogens with one attached hydrogen (secondary N) is 1. The highest BCUT2D eigenvalue weighted by atomic mass is 19.1. The van der Waals surface area contributed by atoms with Crippen molar-refractivity contribution in [2.24, 2.45) is 0 Å². The fourth-order valence-corrected chi connectivity index (χ4v) is 1.24. The van der Waals surface area contributed by atoms with Crippen LogP contribution in [0.3, 0.4) is 0 Å². The summed E-state index contributed by atoms with van der Waals surface area (Å²) < 4.78 is 31.1. The van der Waals surface area contributed by atoms with Gasteiger partial charge in [-0.15, -0.1) is 0 Å². The van der Waals surface area contributed by atoms with E-state index < -0.39 is 35.6 Å². The van der Waals surface area contributed by atoms with E-state index in [1.54, 1.807) is 6.92 Å². The first kappa shape index (κ1) is 14.1. The molecular formula is C11H10BF2NO3. The smallest absolute Gasteiger partial charge is 0.315 e. The summed E-state index contributed by atoms with van der Waals surface area (Å²) in [5.74, 6) is -3.66. The third-order valence-electron chi connectivity index (χ3n) is 1.94. The molecule has 0 atom stereocenters. The molecule has 0 aliphatic carbocycles. The molecule has 1 aromatic rings. The van der Waals surface area contributed by atoms with Gasteiger partial charge in [-0.3, -0.25) is 9.59 Å². The first-order valence-corrected chi connectivity index (χ1v) is 5.14. The van der Waals surface area contributed by atoms with Crippen molar-refractivity contribution in [1.29, 1.82) is 0 Å². The van der Waals surface area contributed by atoms with Crippen molar-refractivity contribution >= 4 is 30.9 Å². The number of esters is 1. The summed E-state index contributed by atoms with van der Waals surface area (Å²) in [6.45, 7) is 1.70. The lowest BCUT2D eigenvalue weighted by Gasteiger charge is -2.08. The van der Waals surface area contributed by atoms with Gasteiger partial charge in [-0.2, -0.15) is 0 Å². The Morgan fingerprint density at radius 2 is 1.89 bits per heavy atom. The number of halogens is 2. The highest BCUT2D eigenvalue weighted by Gasteiger charge is 2.15. The molecule has 0 spiro atoms. The average molecular weight is 253 g/mol. The number of amides is 1. The van der Waals surface area contributed by atoms with Crippen molar-refractivity contribution in [2.45, 2.75) is 13.3 Å². The zero-order valence-corrected chi connectivity index (χ0v) is 9.63. The van der Waals surface area contributed by atoms with E-state index in [1.807, 2.05) is 5.32 Å². The van der Waals surface area contributed by atoms with Crippen LogP contribution in [0, 0.1) is 11.6 Å². The number of hydrogen-bond acceptors (Lipinski definition) is 3. The molecule has 4 nitrogen and oxygen atoms in total. The Kier molecular flexibility index (Phi) is 4.82. The molecule has 18 heavy (non-hydrogen) atoms. The van der Waals surface area contributed by atoms with Crippen LogP contribution in [0.15, 0.2) is 12.1 Å². The van der Waals surface area contributed by atoms with Gasteiger partial charge in [-0.1, -0.05) is 5.46 Å². The maximum atomic E-state index is 13.3. The van der Waals surface area contributed by atoms with Gasteiger partial charge in [0.2, 0.25) is 5.91 Å². The second-order valence-corrected chi connectivity index (χ2v) is 3.39. The second-order valence-electron chi connectivity index (χ2n) is 3.39. The van der Waals surface area contributed by atoms with Gasteiger partial charge < -0.3 is 10.1 Å². The molecule has 0 heterocycles. The minimum Gasteiger partial charge on any atom is -0.466 e. The summed E-state index contributed by atoms with van der Waals surface area (Å²) in [5.41, 5.74) is -0.744. The summed E-state index contributed by atoms with van der Waals surface area (Å²) in [6, 6.07) is 1.73. The fraction of sp³-hybridized carbons (Fsp3) is 0.273. The Labute approximate surface area is 104 Å². The van der Waals surface area contributed by atoms with Crippen LogP contribution in [0.1, 0.15) is 13.3 Å². The van der Waals surface area contributed by atoms with E-state index >= 15 is 0 Å². The predicted octanol–water partition coefficient (Wildman–Crippen LogP) is 0.650. The maximum absolute atomic E-state index is 13.3. The molecular weight excluding hydrogens is 243 g/mol. The molecule has 1 rings (SSSR count). The molecule has 7 heteroatoms. The molecule has 0 fully saturated rings. The molecule has 0 unspecified atom stereocenters. The van der Waals surface area contributed by atoms with Crippen LogP contribution in [-0.2, 0) is 14.3 Å². The van der Waals surface area contributed by atoms with Crippen LogP contribution in [0.2, 0.25) is 0 Å². The number of hydrogen-bond donors (Lipinski definition) is 1. The van der Waals surface area contributed by atoms with Crippen LogP contribution < -0.4 is 10.8 Å². The SMILES string of the molecule is [B]c1cc(F)c(NC(=O)CC(=O)OCC)c(F)c1. The maximum Gasteiger partial charge on any atom is 0.315 e. The van der Waals surface area contributed by atoms with E-state index in [1.165, 1.54) is 0 Å². The highest BCUT2D eigenvalue weighted by molar-refractivity contribution is 6.32. The Balaban J connectivity index is 2.73. The van der Waals surface area contributed by atoms with Gasteiger partial charge in [0.05, 0.1) is 6.61 Å². The zero-order chi connectivity index (χ0) is 13.7. The fourth-order valence-electron chi connectivity index (χ4n) is 1.24. The van der Waals surface area contributed by atoms with E-state index in [0.29, 0.717) is 0 Å². The summed E-state index contributed by atoms with van der Waals surface area (Å²) in [7, 11) is 5.21. The van der Waals surface area contributed by atoms with Crippen molar-refractivity contribution in [3.63, 3.8) is 0 Å². The van der Waals surface area contributed by atoms with Gasteiger partial charge in [0.15, 0.2) is 0 Å². The van der Waals surface area contributed by atoms with Gasteiger partial charge in [0, 0.05) is 0 Å². The molecule has 94 valence electrons. The standard InChI is InChI=1S/C11H10BF2NO3/c1-2-18-10(17)5-9(16)15-11-7(13)3-6(12)4-8(11)14/h3-4H,2,5H2,1H3,(H,15,16). The minimum absolute atomic E-state index is 0.103. The van der Waals surface area contributed by atoms with Gasteiger partial charge in [-0.05, 0) is 19.1 Å². The first-order valence-electron chi connectivity index (χ1n) is 5.14. The summed E-state index contributed by atoms with van der Waals surface area (Å²) in [6.07, 6.45) is -0.614. The van der Waals surface area contributed by atoms with E-state index in [4.69, 9.17) is 7.85 Å². The summed E-state index contributed by atoms with van der Waals surface area (Å²) in [4.78, 5) is 22.3. The number of anilines is 1. The Hall–Kier alpha value is -1.92. The van der Waals surface area contributed by atoms with E-state index in [2.05, 4.69) is 4.74 Å². The van der Waals surface area contributed by atoms with Crippen LogP contribution in [0.4, 0.5) is 14.5 Å². The van der Waals surface area contributed by atoms with E-state index in [-0.39, 0.29) is 12.1 Å². The molecule has 2 radical (unpaired) electrons. The van der Waals surface area contributed by atoms with Crippen LogP contribution in [0.25, 0.3) is 0 Å². The van der Waals surface area contributed by atoms with Gasteiger partial charge in [0.25, 0.3) is 0 Å². The van der Waals surface area contributed by atoms with E-state index in [0.717, 1.165) is 12.1 Å². The van der Waals surface area contributed by atoms with Crippen LogP contribution in [-0.4, -0.2) is 26.3 Å². The molecule has 1 amide bonds.